The number of hydrogen-bond acceptors (Lipinski definition) is 2. The first-order valence-corrected chi connectivity index (χ1v) is 5.85. The highest BCUT2D eigenvalue weighted by Crippen LogP contribution is 2.32. The Kier molecular flexibility index (Phi) is 3.51. The fraction of sp³-hybridized carbons (Fsp3) is 0.125. The van der Waals surface area contributed by atoms with Gasteiger partial charge in [-0.15, -0.1) is 7.05 Å². The van der Waals surface area contributed by atoms with Gasteiger partial charge in [-0.25, -0.2) is 0 Å². The van der Waals surface area contributed by atoms with Crippen LogP contribution in [0.15, 0.2) is 23.1 Å². The van der Waals surface area contributed by atoms with E-state index in [1.165, 1.54) is 0 Å². The van der Waals surface area contributed by atoms with E-state index in [1.54, 1.807) is 0 Å². The highest BCUT2D eigenvalue weighted by Gasteiger charge is 2.32. The van der Waals surface area contributed by atoms with Crippen LogP contribution in [0.4, 0.5) is 13.2 Å². The van der Waals surface area contributed by atoms with Crippen LogP contribution < -0.4 is 4.72 Å². The van der Waals surface area contributed by atoms with Gasteiger partial charge in [0, 0.05) is 0 Å². The molecule has 0 aliphatic carbocycles. The molecule has 0 amide bonds. The Labute approximate surface area is 95.3 Å². The number of nitrogens with two attached hydrogens (primary N) is 1. The molecule has 1 aromatic carbocycles. The third-order valence-corrected chi connectivity index (χ3v) is 3.62. The lowest BCUT2D eigenvalue weighted by atomic mass is 10.2. The smallest absolute Gasteiger partial charge is 0.367 e. The lowest BCUT2D eigenvalue weighted by molar-refractivity contribution is -0.424. The second-order valence-electron chi connectivity index (χ2n) is 2.85. The van der Waals surface area contributed by atoms with Crippen molar-refractivity contribution in [3.05, 3.63) is 35.8 Å². The molecule has 16 heavy (non-hydrogen) atoms. The number of hydrogen-bond donors (Lipinski definition) is 1. The van der Waals surface area contributed by atoms with Crippen molar-refractivity contribution in [2.45, 2.75) is 11.1 Å². The number of rotatable bonds is 2. The van der Waals surface area contributed by atoms with Crippen LogP contribution in [-0.4, -0.2) is 8.42 Å². The summed E-state index contributed by atoms with van der Waals surface area (Å²) in [5.41, 5.74) is -1.000. The largest absolute Gasteiger partial charge is 0.416 e. The van der Waals surface area contributed by atoms with Crippen LogP contribution in [0, 0.1) is 7.05 Å². The maximum absolute atomic E-state index is 12.2. The zero-order valence-corrected chi connectivity index (χ0v) is 9.33. The minimum absolute atomic E-state index is 0.392. The van der Waals surface area contributed by atoms with Crippen LogP contribution >= 0.6 is 11.6 Å². The topological polar surface area (TPSA) is 50.8 Å². The minimum atomic E-state index is -4.56. The SMILES string of the molecule is [CH2-][NH2+]S(=O)(=O)c1ccc(C(F)(F)F)cc1Cl. The lowest BCUT2D eigenvalue weighted by Gasteiger charge is -2.09. The number of benzene rings is 1. The molecule has 0 heterocycles. The fourth-order valence-corrected chi connectivity index (χ4v) is 2.27. The Morgan fingerprint density at radius 1 is 1.31 bits per heavy atom. The van der Waals surface area contributed by atoms with Gasteiger partial charge in [0.2, 0.25) is 0 Å². The van der Waals surface area contributed by atoms with Crippen molar-refractivity contribution in [2.75, 3.05) is 0 Å². The second kappa shape index (κ2) is 4.23. The van der Waals surface area contributed by atoms with Crippen molar-refractivity contribution in [3.8, 4) is 0 Å². The summed E-state index contributed by atoms with van der Waals surface area (Å²) < 4.78 is 60.0. The predicted molar refractivity (Wildman–Crippen MR) is 50.9 cm³/mol. The number of sulfonamides is 1. The molecule has 0 bridgehead atoms. The van der Waals surface area contributed by atoms with E-state index in [-0.39, 0.29) is 0 Å². The molecular weight excluding hydrogens is 267 g/mol. The quantitative estimate of drug-likeness (QED) is 0.828. The van der Waals surface area contributed by atoms with Gasteiger partial charge >= 0.3 is 16.2 Å². The molecule has 0 aliphatic heterocycles. The average Bonchev–Trinajstić information content (AvgIpc) is 2.16. The molecule has 0 aliphatic rings. The molecule has 0 fully saturated rings. The third-order valence-electron chi connectivity index (χ3n) is 1.79. The van der Waals surface area contributed by atoms with Gasteiger partial charge in [0.1, 0.15) is 4.90 Å². The summed E-state index contributed by atoms with van der Waals surface area (Å²) >= 11 is 5.47. The van der Waals surface area contributed by atoms with E-state index >= 15 is 0 Å². The molecule has 0 atom stereocenters. The van der Waals surface area contributed by atoms with Crippen LogP contribution in [0.25, 0.3) is 0 Å². The molecule has 3 nitrogen and oxygen atoms in total. The van der Waals surface area contributed by atoms with Crippen molar-refractivity contribution in [2.24, 2.45) is 0 Å². The van der Waals surface area contributed by atoms with Gasteiger partial charge in [-0.1, -0.05) is 11.6 Å². The van der Waals surface area contributed by atoms with Crippen molar-refractivity contribution < 1.29 is 26.3 Å². The van der Waals surface area contributed by atoms with Crippen LogP contribution in [-0.2, 0) is 16.2 Å². The van der Waals surface area contributed by atoms with Crippen LogP contribution in [0.3, 0.4) is 0 Å². The van der Waals surface area contributed by atoms with Gasteiger partial charge in [0.15, 0.2) is 0 Å². The standard InChI is InChI=1S/C8H7ClF3NO2S/c1-13-16(14,15)7-3-2-5(4-6(7)9)8(10,11)12/h2-4H,1,13H2. The number of primary sulfonamides is 1. The van der Waals surface area contributed by atoms with E-state index in [1.807, 2.05) is 0 Å². The number of halogens is 4. The maximum Gasteiger partial charge on any atom is 0.416 e. The van der Waals surface area contributed by atoms with Crippen molar-refractivity contribution in [3.63, 3.8) is 0 Å². The van der Waals surface area contributed by atoms with E-state index in [0.29, 0.717) is 16.9 Å². The van der Waals surface area contributed by atoms with Gasteiger partial charge in [-0.2, -0.15) is 21.6 Å². The Morgan fingerprint density at radius 3 is 2.25 bits per heavy atom. The Bertz CT molecular complexity index is 498. The highest BCUT2D eigenvalue weighted by molar-refractivity contribution is 7.85. The first-order valence-electron chi connectivity index (χ1n) is 3.93. The zero-order chi connectivity index (χ0) is 12.6. The molecule has 8 heteroatoms. The van der Waals surface area contributed by atoms with Crippen LogP contribution in [0.5, 0.6) is 0 Å². The van der Waals surface area contributed by atoms with E-state index in [0.717, 1.165) is 6.07 Å². The summed E-state index contributed by atoms with van der Waals surface area (Å²) in [4.78, 5) is -0.392. The van der Waals surface area contributed by atoms with Crippen LogP contribution in [0.2, 0.25) is 5.02 Å². The molecule has 2 N–H and O–H groups in total. The van der Waals surface area contributed by atoms with E-state index in [9.17, 15) is 21.6 Å². The van der Waals surface area contributed by atoms with Crippen molar-refractivity contribution in [1.29, 1.82) is 0 Å². The monoisotopic (exact) mass is 273 g/mol. The van der Waals surface area contributed by atoms with Gasteiger partial charge in [-0.3, -0.25) is 0 Å². The average molecular weight is 274 g/mol. The lowest BCUT2D eigenvalue weighted by Crippen LogP contribution is -2.80. The van der Waals surface area contributed by atoms with Crippen molar-refractivity contribution in [1.82, 2.24) is 0 Å². The van der Waals surface area contributed by atoms with Gasteiger partial charge in [0.05, 0.1) is 10.6 Å². The van der Waals surface area contributed by atoms with Gasteiger partial charge in [0.25, 0.3) is 0 Å². The summed E-state index contributed by atoms with van der Waals surface area (Å²) in [6.07, 6.45) is -4.56. The van der Waals surface area contributed by atoms with E-state index in [4.69, 9.17) is 11.6 Å². The molecule has 0 radical (unpaired) electrons. The second-order valence-corrected chi connectivity index (χ2v) is 5.13. The summed E-state index contributed by atoms with van der Waals surface area (Å²) in [6.45, 7) is 0. The van der Waals surface area contributed by atoms with Crippen molar-refractivity contribution >= 4 is 21.6 Å². The first kappa shape index (κ1) is 13.3. The molecule has 90 valence electrons. The minimum Gasteiger partial charge on any atom is -0.367 e. The summed E-state index contributed by atoms with van der Waals surface area (Å²) in [7, 11) is -0.774. The molecule has 1 rings (SSSR count). The van der Waals surface area contributed by atoms with Gasteiger partial charge in [-0.05, 0) is 18.2 Å². The maximum atomic E-state index is 12.2. The number of quaternary nitrogens is 1. The summed E-state index contributed by atoms with van der Waals surface area (Å²) in [6, 6.07) is 2.03. The summed E-state index contributed by atoms with van der Waals surface area (Å²) in [5.74, 6) is 0. The Hall–Kier alpha value is -0.790. The predicted octanol–water partition coefficient (Wildman–Crippen LogP) is 1.40. The van der Waals surface area contributed by atoms with E-state index in [2.05, 4.69) is 7.05 Å². The Morgan fingerprint density at radius 2 is 1.88 bits per heavy atom. The number of alkyl halides is 3. The normalized spacial score (nSPS) is 12.8. The highest BCUT2D eigenvalue weighted by atomic mass is 35.5. The van der Waals surface area contributed by atoms with E-state index < -0.39 is 31.7 Å². The Balaban J connectivity index is 3.32. The molecule has 0 spiro atoms. The first-order chi connectivity index (χ1) is 7.18. The molecule has 1 aromatic rings. The molecule has 0 saturated heterocycles. The molecular formula is C8H7ClF3NO2S. The van der Waals surface area contributed by atoms with Gasteiger partial charge < -0.3 is 4.72 Å². The zero-order valence-electron chi connectivity index (χ0n) is 7.75. The fourth-order valence-electron chi connectivity index (χ4n) is 0.998. The molecule has 0 unspecified atom stereocenters. The summed E-state index contributed by atoms with van der Waals surface area (Å²) in [5, 5.41) is -0.477. The third kappa shape index (κ3) is 2.66. The molecule has 0 saturated carbocycles. The molecule has 0 aromatic heterocycles. The van der Waals surface area contributed by atoms with Crippen LogP contribution in [0.1, 0.15) is 5.56 Å².